The Morgan fingerprint density at radius 2 is 2.17 bits per heavy atom. The summed E-state index contributed by atoms with van der Waals surface area (Å²) in [6.07, 6.45) is 3.38. The van der Waals surface area contributed by atoms with Gasteiger partial charge in [0.15, 0.2) is 5.82 Å². The highest BCUT2D eigenvalue weighted by atomic mass is 79.9. The van der Waals surface area contributed by atoms with Crippen LogP contribution in [0.15, 0.2) is 35.1 Å². The monoisotopic (exact) mass is 328 g/mol. The predicted molar refractivity (Wildman–Crippen MR) is 75.1 cm³/mol. The van der Waals surface area contributed by atoms with E-state index in [0.717, 1.165) is 11.1 Å². The minimum Gasteiger partial charge on any atom is -0.316 e. The molecule has 2 nitrogen and oxygen atoms in total. The molecule has 2 aromatic rings. The number of nitrogens with one attached hydrogen (secondary N) is 1. The van der Waals surface area contributed by atoms with E-state index in [1.807, 2.05) is 13.1 Å². The van der Waals surface area contributed by atoms with Crippen molar-refractivity contribution in [1.29, 1.82) is 0 Å². The maximum Gasteiger partial charge on any atom is 0.150 e. The normalized spacial score (nSPS) is 10.7. The van der Waals surface area contributed by atoms with Crippen molar-refractivity contribution in [2.24, 2.45) is 0 Å². The van der Waals surface area contributed by atoms with Gasteiger partial charge in [0.1, 0.15) is 0 Å². The first kappa shape index (κ1) is 13.5. The van der Waals surface area contributed by atoms with E-state index in [9.17, 15) is 4.39 Å². The SMILES string of the molecule is CNCc1cncc(-c2ccc(Br)c(Cl)c2F)c1. The average molecular weight is 330 g/mol. The lowest BCUT2D eigenvalue weighted by molar-refractivity contribution is 0.631. The topological polar surface area (TPSA) is 24.9 Å². The van der Waals surface area contributed by atoms with Crippen LogP contribution in [0.1, 0.15) is 5.56 Å². The van der Waals surface area contributed by atoms with Crippen LogP contribution in [-0.4, -0.2) is 12.0 Å². The minimum atomic E-state index is -0.436. The molecular formula is C13H11BrClFN2. The van der Waals surface area contributed by atoms with Gasteiger partial charge in [-0.25, -0.2) is 4.39 Å². The molecular weight excluding hydrogens is 319 g/mol. The molecule has 1 N–H and O–H groups in total. The lowest BCUT2D eigenvalue weighted by atomic mass is 10.1. The highest BCUT2D eigenvalue weighted by Gasteiger charge is 2.12. The van der Waals surface area contributed by atoms with Gasteiger partial charge in [-0.2, -0.15) is 0 Å². The Labute approximate surface area is 118 Å². The zero-order valence-corrected chi connectivity index (χ0v) is 12.0. The Morgan fingerprint density at radius 1 is 1.39 bits per heavy atom. The van der Waals surface area contributed by atoms with E-state index in [0.29, 0.717) is 16.6 Å². The van der Waals surface area contributed by atoms with Gasteiger partial charge in [-0.3, -0.25) is 4.98 Å². The molecule has 1 aromatic heterocycles. The molecule has 0 aliphatic heterocycles. The van der Waals surface area contributed by atoms with E-state index in [1.54, 1.807) is 24.5 Å². The standard InChI is InChI=1S/C13H11BrClFN2/c1-17-5-8-4-9(7-18-6-8)10-2-3-11(14)12(15)13(10)16/h2-4,6-7,17H,5H2,1H3. The van der Waals surface area contributed by atoms with E-state index < -0.39 is 5.82 Å². The molecule has 0 radical (unpaired) electrons. The zero-order valence-electron chi connectivity index (χ0n) is 9.67. The molecule has 0 aliphatic rings. The molecule has 0 amide bonds. The van der Waals surface area contributed by atoms with Crippen LogP contribution in [0.3, 0.4) is 0 Å². The van der Waals surface area contributed by atoms with Crippen LogP contribution in [0.25, 0.3) is 11.1 Å². The number of aromatic nitrogens is 1. The van der Waals surface area contributed by atoms with Crippen molar-refractivity contribution in [2.45, 2.75) is 6.54 Å². The van der Waals surface area contributed by atoms with Crippen LogP contribution in [0.2, 0.25) is 5.02 Å². The van der Waals surface area contributed by atoms with E-state index in [1.165, 1.54) is 0 Å². The van der Waals surface area contributed by atoms with Gasteiger partial charge in [-0.05, 0) is 40.7 Å². The Kier molecular flexibility index (Phi) is 4.32. The number of nitrogens with zero attached hydrogens (tertiary/aromatic N) is 1. The van der Waals surface area contributed by atoms with Gasteiger partial charge >= 0.3 is 0 Å². The molecule has 18 heavy (non-hydrogen) atoms. The molecule has 1 heterocycles. The van der Waals surface area contributed by atoms with Crippen molar-refractivity contribution < 1.29 is 4.39 Å². The molecule has 0 spiro atoms. The number of rotatable bonds is 3. The molecule has 0 saturated heterocycles. The van der Waals surface area contributed by atoms with Crippen molar-refractivity contribution in [3.8, 4) is 11.1 Å². The summed E-state index contributed by atoms with van der Waals surface area (Å²) < 4.78 is 14.6. The molecule has 0 fully saturated rings. The summed E-state index contributed by atoms with van der Waals surface area (Å²) in [5.74, 6) is -0.436. The fraction of sp³-hybridized carbons (Fsp3) is 0.154. The van der Waals surface area contributed by atoms with E-state index in [-0.39, 0.29) is 5.02 Å². The van der Waals surface area contributed by atoms with Gasteiger partial charge in [0.2, 0.25) is 0 Å². The van der Waals surface area contributed by atoms with Crippen LogP contribution in [0.4, 0.5) is 4.39 Å². The first-order valence-electron chi connectivity index (χ1n) is 5.36. The smallest absolute Gasteiger partial charge is 0.150 e. The second kappa shape index (κ2) is 5.78. The molecule has 0 bridgehead atoms. The van der Waals surface area contributed by atoms with Crippen molar-refractivity contribution in [3.63, 3.8) is 0 Å². The number of pyridine rings is 1. The minimum absolute atomic E-state index is 0.0894. The first-order chi connectivity index (χ1) is 8.63. The third-order valence-electron chi connectivity index (χ3n) is 2.52. The highest BCUT2D eigenvalue weighted by molar-refractivity contribution is 9.10. The Bertz CT molecular complexity index is 575. The molecule has 0 aliphatic carbocycles. The average Bonchev–Trinajstić information content (AvgIpc) is 2.37. The van der Waals surface area contributed by atoms with Crippen LogP contribution < -0.4 is 5.32 Å². The molecule has 0 atom stereocenters. The highest BCUT2D eigenvalue weighted by Crippen LogP contribution is 2.32. The van der Waals surface area contributed by atoms with E-state index in [4.69, 9.17) is 11.6 Å². The van der Waals surface area contributed by atoms with E-state index >= 15 is 0 Å². The van der Waals surface area contributed by atoms with Gasteiger partial charge in [0.25, 0.3) is 0 Å². The second-order valence-corrected chi connectivity index (χ2v) is 5.07. The maximum atomic E-state index is 14.1. The Balaban J connectivity index is 2.48. The third-order valence-corrected chi connectivity index (χ3v) is 3.78. The first-order valence-corrected chi connectivity index (χ1v) is 6.53. The molecule has 5 heteroatoms. The molecule has 1 aromatic carbocycles. The summed E-state index contributed by atoms with van der Waals surface area (Å²) in [5, 5.41) is 3.12. The van der Waals surface area contributed by atoms with Crippen LogP contribution in [0, 0.1) is 5.82 Å². The summed E-state index contributed by atoms with van der Waals surface area (Å²) in [6.45, 7) is 0.687. The predicted octanol–water partition coefficient (Wildman–Crippen LogP) is 4.02. The van der Waals surface area contributed by atoms with Crippen molar-refractivity contribution in [1.82, 2.24) is 10.3 Å². The second-order valence-electron chi connectivity index (χ2n) is 3.84. The summed E-state index contributed by atoms with van der Waals surface area (Å²) in [5.41, 5.74) is 2.16. The van der Waals surface area contributed by atoms with Crippen molar-refractivity contribution >= 4 is 27.5 Å². The fourth-order valence-electron chi connectivity index (χ4n) is 1.68. The van der Waals surface area contributed by atoms with Gasteiger partial charge in [0.05, 0.1) is 5.02 Å². The van der Waals surface area contributed by atoms with Crippen molar-refractivity contribution in [3.05, 3.63) is 51.5 Å². The number of hydrogen-bond acceptors (Lipinski definition) is 2. The van der Waals surface area contributed by atoms with Gasteiger partial charge < -0.3 is 5.32 Å². The number of hydrogen-bond donors (Lipinski definition) is 1. The van der Waals surface area contributed by atoms with Crippen LogP contribution >= 0.6 is 27.5 Å². The summed E-state index contributed by atoms with van der Waals surface area (Å²) in [7, 11) is 1.85. The lowest BCUT2D eigenvalue weighted by Gasteiger charge is -2.08. The largest absolute Gasteiger partial charge is 0.316 e. The zero-order chi connectivity index (χ0) is 13.1. The fourth-order valence-corrected chi connectivity index (χ4v) is 2.16. The Morgan fingerprint density at radius 3 is 2.89 bits per heavy atom. The lowest BCUT2D eigenvalue weighted by Crippen LogP contribution is -2.05. The van der Waals surface area contributed by atoms with Crippen LogP contribution in [0.5, 0.6) is 0 Å². The summed E-state index contributed by atoms with van der Waals surface area (Å²) in [4.78, 5) is 4.11. The van der Waals surface area contributed by atoms with Crippen molar-refractivity contribution in [2.75, 3.05) is 7.05 Å². The molecule has 0 unspecified atom stereocenters. The van der Waals surface area contributed by atoms with Gasteiger partial charge in [0, 0.05) is 34.5 Å². The van der Waals surface area contributed by atoms with Gasteiger partial charge in [-0.1, -0.05) is 17.7 Å². The number of halogens is 3. The summed E-state index contributed by atoms with van der Waals surface area (Å²) in [6, 6.07) is 5.31. The molecule has 2 rings (SSSR count). The molecule has 94 valence electrons. The van der Waals surface area contributed by atoms with Gasteiger partial charge in [-0.15, -0.1) is 0 Å². The molecule has 0 saturated carbocycles. The Hall–Kier alpha value is -0.970. The summed E-state index contributed by atoms with van der Waals surface area (Å²) >= 11 is 9.07. The quantitative estimate of drug-likeness (QED) is 0.860. The number of benzene rings is 1. The van der Waals surface area contributed by atoms with Crippen LogP contribution in [-0.2, 0) is 6.54 Å². The maximum absolute atomic E-state index is 14.1. The third kappa shape index (κ3) is 2.71. The van der Waals surface area contributed by atoms with E-state index in [2.05, 4.69) is 26.2 Å².